The van der Waals surface area contributed by atoms with Crippen molar-refractivity contribution in [2.75, 3.05) is 13.2 Å². The molecule has 20 heavy (non-hydrogen) atoms. The van der Waals surface area contributed by atoms with Gasteiger partial charge in [-0.3, -0.25) is 5.43 Å². The fourth-order valence-corrected chi connectivity index (χ4v) is 1.47. The second-order valence-corrected chi connectivity index (χ2v) is 4.55. The van der Waals surface area contributed by atoms with E-state index >= 15 is 0 Å². The molecule has 0 aliphatic carbocycles. The van der Waals surface area contributed by atoms with E-state index in [4.69, 9.17) is 17.0 Å². The van der Waals surface area contributed by atoms with Gasteiger partial charge in [0.1, 0.15) is 0 Å². The van der Waals surface area contributed by atoms with E-state index in [0.29, 0.717) is 29.6 Å². The molecule has 0 atom stereocenters. The number of thiocarbonyl (C=S) groups is 1. The number of benzene rings is 1. The Bertz CT molecular complexity index is 515. The summed E-state index contributed by atoms with van der Waals surface area (Å²) < 4.78 is 5.29. The summed E-state index contributed by atoms with van der Waals surface area (Å²) in [4.78, 5) is 0. The molecule has 0 aliphatic rings. The lowest BCUT2D eigenvalue weighted by molar-refractivity contribution is 0.318. The summed E-state index contributed by atoms with van der Waals surface area (Å²) in [5.74, 6) is 0.486. The molecule has 3 N–H and O–H groups in total. The van der Waals surface area contributed by atoms with Gasteiger partial charge in [0.05, 0.1) is 12.8 Å². The lowest BCUT2D eigenvalue weighted by atomic mass is 10.2. The van der Waals surface area contributed by atoms with Crippen LogP contribution in [0.1, 0.15) is 19.4 Å². The van der Waals surface area contributed by atoms with Crippen LogP contribution >= 0.6 is 12.2 Å². The number of hydrazone groups is 1. The van der Waals surface area contributed by atoms with E-state index in [0.717, 1.165) is 5.57 Å². The number of para-hydroxylation sites is 1. The second kappa shape index (κ2) is 8.16. The molecule has 5 nitrogen and oxygen atoms in total. The summed E-state index contributed by atoms with van der Waals surface area (Å²) in [6.45, 7) is 8.59. The van der Waals surface area contributed by atoms with Gasteiger partial charge in [0.15, 0.2) is 16.6 Å². The van der Waals surface area contributed by atoms with Crippen LogP contribution in [0.5, 0.6) is 11.5 Å². The van der Waals surface area contributed by atoms with Crippen LogP contribution < -0.4 is 15.5 Å². The van der Waals surface area contributed by atoms with Gasteiger partial charge in [-0.15, -0.1) is 0 Å². The minimum absolute atomic E-state index is 0.0562. The summed E-state index contributed by atoms with van der Waals surface area (Å²) in [6.07, 6.45) is 1.48. The van der Waals surface area contributed by atoms with Gasteiger partial charge in [0, 0.05) is 12.1 Å². The molecule has 0 aliphatic heterocycles. The number of nitrogens with zero attached hydrogens (tertiary/aromatic N) is 1. The molecule has 0 saturated carbocycles. The molecule has 0 heterocycles. The van der Waals surface area contributed by atoms with Crippen molar-refractivity contribution in [1.29, 1.82) is 0 Å². The molecule has 0 aromatic heterocycles. The maximum atomic E-state index is 9.96. The predicted octanol–water partition coefficient (Wildman–Crippen LogP) is 2.17. The quantitative estimate of drug-likeness (QED) is 0.325. The minimum atomic E-state index is 0.0562. The number of phenols is 1. The molecule has 0 spiro atoms. The number of rotatable bonds is 6. The molecule has 0 unspecified atom stereocenters. The van der Waals surface area contributed by atoms with Gasteiger partial charge in [-0.05, 0) is 38.2 Å². The zero-order valence-electron chi connectivity index (χ0n) is 11.6. The van der Waals surface area contributed by atoms with E-state index in [9.17, 15) is 5.11 Å². The van der Waals surface area contributed by atoms with Crippen molar-refractivity contribution < 1.29 is 9.84 Å². The molecular formula is C14H19N3O2S. The van der Waals surface area contributed by atoms with Crippen molar-refractivity contribution in [3.63, 3.8) is 0 Å². The predicted molar refractivity (Wildman–Crippen MR) is 85.4 cm³/mol. The van der Waals surface area contributed by atoms with Crippen LogP contribution in [0.3, 0.4) is 0 Å². The summed E-state index contributed by atoms with van der Waals surface area (Å²) in [7, 11) is 0. The Labute approximate surface area is 124 Å². The molecule has 0 fully saturated rings. The zero-order chi connectivity index (χ0) is 15.0. The first-order chi connectivity index (χ1) is 9.54. The molecule has 0 bridgehead atoms. The second-order valence-electron chi connectivity index (χ2n) is 4.14. The van der Waals surface area contributed by atoms with Crippen LogP contribution in [-0.4, -0.2) is 29.6 Å². The Morgan fingerprint density at radius 1 is 1.55 bits per heavy atom. The average molecular weight is 293 g/mol. The maximum Gasteiger partial charge on any atom is 0.187 e. The van der Waals surface area contributed by atoms with Gasteiger partial charge < -0.3 is 15.2 Å². The maximum absolute atomic E-state index is 9.96. The van der Waals surface area contributed by atoms with Crippen molar-refractivity contribution in [2.24, 2.45) is 5.10 Å². The van der Waals surface area contributed by atoms with Gasteiger partial charge in [0.2, 0.25) is 0 Å². The van der Waals surface area contributed by atoms with Gasteiger partial charge in [-0.25, -0.2) is 0 Å². The van der Waals surface area contributed by atoms with Crippen LogP contribution in [0, 0.1) is 0 Å². The Hall–Kier alpha value is -2.08. The smallest absolute Gasteiger partial charge is 0.187 e. The van der Waals surface area contributed by atoms with Crippen molar-refractivity contribution in [3.8, 4) is 11.5 Å². The van der Waals surface area contributed by atoms with Gasteiger partial charge in [-0.1, -0.05) is 18.2 Å². The minimum Gasteiger partial charge on any atom is -0.504 e. The Kier molecular flexibility index (Phi) is 6.52. The third-order valence-electron chi connectivity index (χ3n) is 2.25. The first-order valence-corrected chi connectivity index (χ1v) is 6.61. The number of nitrogens with one attached hydrogen (secondary N) is 2. The fourth-order valence-electron chi connectivity index (χ4n) is 1.35. The van der Waals surface area contributed by atoms with E-state index in [2.05, 4.69) is 22.4 Å². The SMILES string of the molecule is C=C(C)CNC(=S)N/N=C/c1cccc(OCC)c1O. The van der Waals surface area contributed by atoms with Crippen LogP contribution in [0.25, 0.3) is 0 Å². The number of phenolic OH excluding ortho intramolecular Hbond substituents is 1. The highest BCUT2D eigenvalue weighted by molar-refractivity contribution is 7.80. The van der Waals surface area contributed by atoms with Crippen LogP contribution in [0.4, 0.5) is 0 Å². The number of aromatic hydroxyl groups is 1. The molecule has 1 rings (SSSR count). The number of hydrogen-bond donors (Lipinski definition) is 3. The van der Waals surface area contributed by atoms with Crippen molar-refractivity contribution >= 4 is 23.5 Å². The highest BCUT2D eigenvalue weighted by atomic mass is 32.1. The van der Waals surface area contributed by atoms with E-state index in [1.165, 1.54) is 6.21 Å². The highest BCUT2D eigenvalue weighted by Crippen LogP contribution is 2.28. The summed E-state index contributed by atoms with van der Waals surface area (Å²) in [6, 6.07) is 5.21. The molecule has 0 amide bonds. The van der Waals surface area contributed by atoms with Crippen molar-refractivity contribution in [1.82, 2.24) is 10.7 Å². The summed E-state index contributed by atoms with van der Waals surface area (Å²) in [5, 5.41) is 17.2. The Morgan fingerprint density at radius 2 is 2.30 bits per heavy atom. The van der Waals surface area contributed by atoms with Crippen LogP contribution in [0.2, 0.25) is 0 Å². The fraction of sp³-hybridized carbons (Fsp3) is 0.286. The zero-order valence-corrected chi connectivity index (χ0v) is 12.5. The third-order valence-corrected chi connectivity index (χ3v) is 2.49. The highest BCUT2D eigenvalue weighted by Gasteiger charge is 2.05. The molecule has 108 valence electrons. The third kappa shape index (κ3) is 5.27. The monoisotopic (exact) mass is 293 g/mol. The lowest BCUT2D eigenvalue weighted by Gasteiger charge is -2.08. The van der Waals surface area contributed by atoms with Crippen LogP contribution in [0.15, 0.2) is 35.5 Å². The standard InChI is InChI=1S/C14H19N3O2S/c1-4-19-12-7-5-6-11(13(12)18)9-16-17-14(20)15-8-10(2)3/h5-7,9,18H,2,4,8H2,1,3H3,(H2,15,17,20)/b16-9+. The first kappa shape index (κ1) is 16.0. The van der Waals surface area contributed by atoms with Crippen molar-refractivity contribution in [3.05, 3.63) is 35.9 Å². The van der Waals surface area contributed by atoms with E-state index in [1.807, 2.05) is 13.8 Å². The van der Waals surface area contributed by atoms with Crippen molar-refractivity contribution in [2.45, 2.75) is 13.8 Å². The molecular weight excluding hydrogens is 274 g/mol. The Morgan fingerprint density at radius 3 is 2.95 bits per heavy atom. The molecule has 0 saturated heterocycles. The number of ether oxygens (including phenoxy) is 1. The molecule has 0 radical (unpaired) electrons. The lowest BCUT2D eigenvalue weighted by Crippen LogP contribution is -2.32. The van der Waals surface area contributed by atoms with Gasteiger partial charge in [-0.2, -0.15) is 5.10 Å². The van der Waals surface area contributed by atoms with Crippen LogP contribution in [-0.2, 0) is 0 Å². The Balaban J connectivity index is 2.60. The molecule has 1 aromatic rings. The molecule has 1 aromatic carbocycles. The average Bonchev–Trinajstić information content (AvgIpc) is 2.41. The summed E-state index contributed by atoms with van der Waals surface area (Å²) in [5.41, 5.74) is 4.18. The topological polar surface area (TPSA) is 65.9 Å². The largest absolute Gasteiger partial charge is 0.504 e. The van der Waals surface area contributed by atoms with Gasteiger partial charge in [0.25, 0.3) is 0 Å². The normalized spacial score (nSPS) is 10.3. The van der Waals surface area contributed by atoms with Gasteiger partial charge >= 0.3 is 0 Å². The first-order valence-electron chi connectivity index (χ1n) is 6.20. The summed E-state index contributed by atoms with van der Waals surface area (Å²) >= 11 is 5.02. The van der Waals surface area contributed by atoms with E-state index in [1.54, 1.807) is 18.2 Å². The van der Waals surface area contributed by atoms with E-state index in [-0.39, 0.29) is 5.75 Å². The molecule has 6 heteroatoms. The van der Waals surface area contributed by atoms with E-state index < -0.39 is 0 Å². The number of hydrogen-bond acceptors (Lipinski definition) is 4.